The molecule has 0 saturated carbocycles. The zero-order valence-corrected chi connectivity index (χ0v) is 32.6. The van der Waals surface area contributed by atoms with Gasteiger partial charge in [-0.1, -0.05) is 96.5 Å². The highest BCUT2D eigenvalue weighted by Gasteiger charge is 2.76. The van der Waals surface area contributed by atoms with Crippen LogP contribution in [0.4, 0.5) is 5.69 Å². The fourth-order valence-electron chi connectivity index (χ4n) is 8.83. The van der Waals surface area contributed by atoms with Gasteiger partial charge in [-0.15, -0.1) is 13.2 Å². The van der Waals surface area contributed by atoms with E-state index in [-0.39, 0.29) is 31.9 Å². The van der Waals surface area contributed by atoms with E-state index in [4.69, 9.17) is 25.8 Å². The van der Waals surface area contributed by atoms with Gasteiger partial charge in [0.1, 0.15) is 17.7 Å². The van der Waals surface area contributed by atoms with Gasteiger partial charge >= 0.3 is 5.97 Å². The van der Waals surface area contributed by atoms with Gasteiger partial charge in [-0.2, -0.15) is 0 Å². The lowest BCUT2D eigenvalue weighted by atomic mass is 9.70. The van der Waals surface area contributed by atoms with Crippen molar-refractivity contribution in [3.8, 4) is 0 Å². The largest absolute Gasteiger partial charge is 0.455 e. The number of likely N-dealkylation sites (tertiary alicyclic amines) is 1. The molecule has 0 aromatic heterocycles. The molecule has 3 fully saturated rings. The Kier molecular flexibility index (Phi) is 13.1. The lowest BCUT2D eigenvalue weighted by molar-refractivity contribution is -0.163. The minimum absolute atomic E-state index is 0.0339. The second kappa shape index (κ2) is 18.0. The van der Waals surface area contributed by atoms with Gasteiger partial charge in [0, 0.05) is 20.1 Å². The van der Waals surface area contributed by atoms with Crippen molar-refractivity contribution in [3.05, 3.63) is 126 Å². The molecule has 3 aromatic carbocycles. The molecule has 0 unspecified atom stereocenters. The van der Waals surface area contributed by atoms with Gasteiger partial charge in [-0.05, 0) is 55.4 Å². The molecule has 8 atom stereocenters. The predicted molar refractivity (Wildman–Crippen MR) is 213 cm³/mol. The molecule has 1 spiro atoms. The second-order valence-corrected chi connectivity index (χ2v) is 15.1. The van der Waals surface area contributed by atoms with Crippen molar-refractivity contribution in [2.45, 2.75) is 75.0 Å². The number of carbonyl (C=O) groups excluding carboxylic acids is 4. The molecule has 3 amide bonds. The summed E-state index contributed by atoms with van der Waals surface area (Å²) in [5.41, 5.74) is 1.29. The van der Waals surface area contributed by atoms with E-state index >= 15 is 9.59 Å². The number of esters is 1. The number of aliphatic hydroxyl groups is 1. The third-order valence-corrected chi connectivity index (χ3v) is 11.5. The molecule has 3 aromatic rings. The molecule has 3 saturated heterocycles. The zero-order valence-electron chi connectivity index (χ0n) is 31.9. The van der Waals surface area contributed by atoms with Crippen LogP contribution in [-0.4, -0.2) is 90.4 Å². The van der Waals surface area contributed by atoms with Crippen LogP contribution in [0.1, 0.15) is 48.5 Å². The molecular formula is C44H50ClN3O8. The molecule has 296 valence electrons. The molecule has 2 N–H and O–H groups in total. The van der Waals surface area contributed by atoms with Gasteiger partial charge < -0.3 is 34.4 Å². The molecule has 6 rings (SSSR count). The van der Waals surface area contributed by atoms with Crippen LogP contribution in [0, 0.1) is 18.8 Å². The molecule has 3 heterocycles. The molecule has 11 nitrogen and oxygen atoms in total. The highest BCUT2D eigenvalue weighted by Crippen LogP contribution is 2.59. The fraction of sp³-hybridized carbons (Fsp3) is 0.409. The minimum atomic E-state index is -1.41. The number of benzene rings is 3. The van der Waals surface area contributed by atoms with Crippen molar-refractivity contribution in [3.63, 3.8) is 0 Å². The SMILES string of the molecule is C=CCCC(=O)N[C@H](COC)[C@H](OC(=O)[C@@H]1[C@H]2C(=O)N([C@@H](CO)Cc3ccccc3)[C@H](C(=O)N(CC=C)c3c(C)cccc3Cl)[C@]23CC[C@H]1O3)c1ccccc1. The Morgan fingerprint density at radius 3 is 2.43 bits per heavy atom. The number of allylic oxidation sites excluding steroid dienone is 1. The summed E-state index contributed by atoms with van der Waals surface area (Å²) in [5.74, 6) is -4.05. The molecule has 0 radical (unpaired) electrons. The molecule has 3 aliphatic rings. The summed E-state index contributed by atoms with van der Waals surface area (Å²) in [6.07, 6.45) is 3.17. The maximum absolute atomic E-state index is 15.3. The summed E-state index contributed by atoms with van der Waals surface area (Å²) in [7, 11) is 1.50. The number of aliphatic hydroxyl groups excluding tert-OH is 1. The first-order chi connectivity index (χ1) is 27.1. The number of nitrogens with one attached hydrogen (secondary N) is 1. The zero-order chi connectivity index (χ0) is 40.0. The maximum atomic E-state index is 15.3. The molecular weight excluding hydrogens is 734 g/mol. The van der Waals surface area contributed by atoms with Crippen molar-refractivity contribution in [2.75, 3.05) is 31.8 Å². The Bertz CT molecular complexity index is 1890. The molecule has 0 aliphatic carbocycles. The van der Waals surface area contributed by atoms with E-state index in [0.717, 1.165) is 11.1 Å². The average Bonchev–Trinajstić information content (AvgIpc) is 3.85. The number of para-hydroxylation sites is 1. The summed E-state index contributed by atoms with van der Waals surface area (Å²) >= 11 is 6.75. The molecule has 12 heteroatoms. The number of aryl methyl sites for hydroxylation is 1. The van der Waals surface area contributed by atoms with Crippen LogP contribution in [-0.2, 0) is 39.8 Å². The van der Waals surface area contributed by atoms with Crippen LogP contribution < -0.4 is 10.2 Å². The number of methoxy groups -OCH3 is 1. The predicted octanol–water partition coefficient (Wildman–Crippen LogP) is 5.53. The number of hydrogen-bond acceptors (Lipinski definition) is 8. The lowest BCUT2D eigenvalue weighted by Gasteiger charge is -2.39. The van der Waals surface area contributed by atoms with E-state index < -0.39 is 72.2 Å². The van der Waals surface area contributed by atoms with Gasteiger partial charge in [-0.3, -0.25) is 19.2 Å². The average molecular weight is 784 g/mol. The number of fused-ring (bicyclic) bond motifs is 1. The standard InChI is InChI=1S/C44H50ClN3O8/c1-5-7-21-35(50)46-33(27-54-4)39(30-18-12-9-13-19-30)55-43(53)36-34-22-23-44(56-34)37(36)41(51)48(31(26-49)25-29-16-10-8-11-17-29)40(44)42(52)47(24-6-2)38-28(3)15-14-20-32(38)45/h5-6,8-20,31,33-34,36-37,39-40,49H,1-2,7,21-27H2,3-4H3,(H,46,50)/t31-,33-,34-,36+,37+,39-,40-,44+/m1/s1. The van der Waals surface area contributed by atoms with E-state index in [1.807, 2.05) is 49.4 Å². The van der Waals surface area contributed by atoms with Crippen molar-refractivity contribution in [1.29, 1.82) is 0 Å². The van der Waals surface area contributed by atoms with Gasteiger partial charge in [0.15, 0.2) is 0 Å². The summed E-state index contributed by atoms with van der Waals surface area (Å²) in [4.78, 5) is 61.0. The van der Waals surface area contributed by atoms with E-state index in [2.05, 4.69) is 18.5 Å². The van der Waals surface area contributed by atoms with E-state index in [1.54, 1.807) is 48.6 Å². The van der Waals surface area contributed by atoms with Crippen molar-refractivity contribution in [2.24, 2.45) is 11.8 Å². The summed E-state index contributed by atoms with van der Waals surface area (Å²) < 4.78 is 18.6. The number of ether oxygens (including phenoxy) is 3. The topological polar surface area (TPSA) is 135 Å². The van der Waals surface area contributed by atoms with E-state index in [0.29, 0.717) is 35.5 Å². The second-order valence-electron chi connectivity index (χ2n) is 14.7. The van der Waals surface area contributed by atoms with Crippen LogP contribution in [0.25, 0.3) is 0 Å². The smallest absolute Gasteiger partial charge is 0.313 e. The molecule has 2 bridgehead atoms. The number of amides is 3. The highest BCUT2D eigenvalue weighted by atomic mass is 35.5. The summed E-state index contributed by atoms with van der Waals surface area (Å²) in [6, 6.07) is 21.0. The minimum Gasteiger partial charge on any atom is -0.455 e. The van der Waals surface area contributed by atoms with Gasteiger partial charge in [0.2, 0.25) is 11.8 Å². The van der Waals surface area contributed by atoms with Gasteiger partial charge in [-0.25, -0.2) is 0 Å². The molecule has 3 aliphatic heterocycles. The Balaban J connectivity index is 1.41. The van der Waals surface area contributed by atoms with Gasteiger partial charge in [0.25, 0.3) is 5.91 Å². The van der Waals surface area contributed by atoms with Crippen LogP contribution in [0.3, 0.4) is 0 Å². The monoisotopic (exact) mass is 783 g/mol. The lowest BCUT2D eigenvalue weighted by Crippen LogP contribution is -2.59. The fourth-order valence-corrected chi connectivity index (χ4v) is 9.15. The Morgan fingerprint density at radius 2 is 1.79 bits per heavy atom. The van der Waals surface area contributed by atoms with E-state index in [9.17, 15) is 14.7 Å². The Hall–Kier alpha value is -4.81. The van der Waals surface area contributed by atoms with Crippen LogP contribution >= 0.6 is 11.6 Å². The van der Waals surface area contributed by atoms with Crippen molar-refractivity contribution < 1.29 is 38.5 Å². The number of carbonyl (C=O) groups is 4. The normalized spacial score (nSPS) is 23.9. The highest BCUT2D eigenvalue weighted by molar-refractivity contribution is 6.34. The third-order valence-electron chi connectivity index (χ3n) is 11.2. The van der Waals surface area contributed by atoms with Gasteiger partial charge in [0.05, 0.1) is 53.9 Å². The Morgan fingerprint density at radius 1 is 1.07 bits per heavy atom. The quantitative estimate of drug-likeness (QED) is 0.127. The van der Waals surface area contributed by atoms with Crippen molar-refractivity contribution in [1.82, 2.24) is 10.2 Å². The first-order valence-electron chi connectivity index (χ1n) is 19.1. The number of nitrogens with zero attached hydrogens (tertiary/aromatic N) is 2. The maximum Gasteiger partial charge on any atom is 0.313 e. The van der Waals surface area contributed by atoms with E-state index in [1.165, 1.54) is 16.9 Å². The summed E-state index contributed by atoms with van der Waals surface area (Å²) in [5, 5.41) is 14.3. The summed E-state index contributed by atoms with van der Waals surface area (Å²) in [6.45, 7) is 9.12. The Labute approximate surface area is 333 Å². The first-order valence-corrected chi connectivity index (χ1v) is 19.4. The molecule has 56 heavy (non-hydrogen) atoms. The number of hydrogen-bond donors (Lipinski definition) is 2. The first kappa shape index (κ1) is 40.8. The number of rotatable bonds is 18. The third kappa shape index (κ3) is 7.91. The van der Waals surface area contributed by atoms with Crippen LogP contribution in [0.15, 0.2) is 104 Å². The van der Waals surface area contributed by atoms with Crippen LogP contribution in [0.2, 0.25) is 5.02 Å². The van der Waals surface area contributed by atoms with Crippen LogP contribution in [0.5, 0.6) is 0 Å². The van der Waals surface area contributed by atoms with Crippen molar-refractivity contribution >= 4 is 41.0 Å². The number of anilines is 1. The number of halogens is 1.